The van der Waals surface area contributed by atoms with Gasteiger partial charge in [0.05, 0.1) is 0 Å². The normalized spacial score (nSPS) is 15.1. The molecule has 0 bridgehead atoms. The van der Waals surface area contributed by atoms with E-state index in [-0.39, 0.29) is 5.75 Å². The molecule has 0 fully saturated rings. The summed E-state index contributed by atoms with van der Waals surface area (Å²) in [5, 5.41) is 8.99. The molecule has 0 spiro atoms. The van der Waals surface area contributed by atoms with E-state index in [1.165, 1.54) is 6.92 Å². The van der Waals surface area contributed by atoms with Crippen molar-refractivity contribution in [3.05, 3.63) is 0 Å². The second-order valence-electron chi connectivity index (χ2n) is 2.19. The van der Waals surface area contributed by atoms with Crippen LogP contribution in [-0.2, 0) is 9.84 Å². The van der Waals surface area contributed by atoms with E-state index < -0.39 is 15.3 Å². The van der Waals surface area contributed by atoms with E-state index in [1.807, 2.05) is 6.92 Å². The van der Waals surface area contributed by atoms with Gasteiger partial charge >= 0.3 is 0 Å². The molecule has 0 aliphatic rings. The number of hydrogen-bond donors (Lipinski definition) is 1. The predicted molar refractivity (Wildman–Crippen MR) is 40.4 cm³/mol. The summed E-state index contributed by atoms with van der Waals surface area (Å²) in [5.41, 5.74) is -1.15. The lowest BCUT2D eigenvalue weighted by Gasteiger charge is -2.07. The summed E-state index contributed by atoms with van der Waals surface area (Å²) >= 11 is 0. The number of rotatable bonds is 4. The Morgan fingerprint density at radius 2 is 1.90 bits per heavy atom. The lowest BCUT2D eigenvalue weighted by atomic mass is 10.4. The van der Waals surface area contributed by atoms with E-state index >= 15 is 0 Å². The zero-order valence-electron chi connectivity index (χ0n) is 6.37. The van der Waals surface area contributed by atoms with Crippen molar-refractivity contribution in [1.29, 1.82) is 0 Å². The molecule has 0 aromatic rings. The van der Waals surface area contributed by atoms with Gasteiger partial charge in [0.2, 0.25) is 0 Å². The average molecular weight is 166 g/mol. The first-order valence-corrected chi connectivity index (χ1v) is 5.15. The van der Waals surface area contributed by atoms with Gasteiger partial charge in [-0.25, -0.2) is 8.42 Å². The third-order valence-electron chi connectivity index (χ3n) is 1.35. The van der Waals surface area contributed by atoms with Crippen LogP contribution in [0, 0.1) is 0 Å². The first kappa shape index (κ1) is 9.91. The van der Waals surface area contributed by atoms with E-state index in [4.69, 9.17) is 5.11 Å². The molecule has 10 heavy (non-hydrogen) atoms. The smallest absolute Gasteiger partial charge is 0.176 e. The maximum atomic E-state index is 10.8. The van der Waals surface area contributed by atoms with E-state index in [0.717, 1.165) is 0 Å². The first-order valence-electron chi connectivity index (χ1n) is 3.44. The number of aliphatic hydroxyl groups is 1. The second-order valence-corrected chi connectivity index (χ2v) is 4.64. The molecular weight excluding hydrogens is 152 g/mol. The van der Waals surface area contributed by atoms with Crippen molar-refractivity contribution in [1.82, 2.24) is 0 Å². The molecule has 0 aromatic heterocycles. The van der Waals surface area contributed by atoms with Gasteiger partial charge in [-0.3, -0.25) is 0 Å². The Hall–Kier alpha value is -0.0900. The maximum absolute atomic E-state index is 10.8. The summed E-state index contributed by atoms with van der Waals surface area (Å²) < 4.78 is 21.7. The van der Waals surface area contributed by atoms with Crippen LogP contribution in [0.3, 0.4) is 0 Å². The average Bonchev–Trinajstić information content (AvgIpc) is 1.89. The van der Waals surface area contributed by atoms with Crippen LogP contribution in [0.1, 0.15) is 26.7 Å². The van der Waals surface area contributed by atoms with Gasteiger partial charge in [0.1, 0.15) is 0 Å². The number of sulfone groups is 1. The fraction of sp³-hybridized carbons (Fsp3) is 1.00. The van der Waals surface area contributed by atoms with Crippen LogP contribution in [0.5, 0.6) is 0 Å². The minimum absolute atomic E-state index is 0.0220. The molecule has 1 N–H and O–H groups in total. The van der Waals surface area contributed by atoms with E-state index in [1.54, 1.807) is 0 Å². The van der Waals surface area contributed by atoms with Crippen LogP contribution in [-0.4, -0.2) is 24.7 Å². The van der Waals surface area contributed by atoms with E-state index in [0.29, 0.717) is 12.8 Å². The van der Waals surface area contributed by atoms with Gasteiger partial charge in [-0.05, 0) is 6.42 Å². The Kier molecular flexibility index (Phi) is 3.89. The summed E-state index contributed by atoms with van der Waals surface area (Å²) in [4.78, 5) is 0. The van der Waals surface area contributed by atoms with Gasteiger partial charge < -0.3 is 5.11 Å². The first-order chi connectivity index (χ1) is 4.54. The SMILES string of the molecule is CCCC(O)S(=O)(=O)CC. The molecule has 0 saturated heterocycles. The highest BCUT2D eigenvalue weighted by Gasteiger charge is 2.18. The highest BCUT2D eigenvalue weighted by molar-refractivity contribution is 7.91. The molecule has 0 saturated carbocycles. The molecule has 0 aromatic carbocycles. The molecular formula is C6H14O3S. The largest absolute Gasteiger partial charge is 0.377 e. The van der Waals surface area contributed by atoms with Crippen LogP contribution >= 0.6 is 0 Å². The van der Waals surface area contributed by atoms with Crippen molar-refractivity contribution in [2.45, 2.75) is 32.1 Å². The fourth-order valence-corrected chi connectivity index (χ4v) is 1.60. The van der Waals surface area contributed by atoms with Gasteiger partial charge in [-0.2, -0.15) is 0 Å². The Morgan fingerprint density at radius 1 is 1.40 bits per heavy atom. The van der Waals surface area contributed by atoms with Gasteiger partial charge in [0, 0.05) is 5.75 Å². The lowest BCUT2D eigenvalue weighted by molar-refractivity contribution is 0.237. The molecule has 0 heterocycles. The van der Waals surface area contributed by atoms with Crippen LogP contribution in [0.25, 0.3) is 0 Å². The Morgan fingerprint density at radius 3 is 2.20 bits per heavy atom. The van der Waals surface area contributed by atoms with E-state index in [2.05, 4.69) is 0 Å². The second kappa shape index (κ2) is 3.93. The van der Waals surface area contributed by atoms with Crippen molar-refractivity contribution in [2.75, 3.05) is 5.75 Å². The molecule has 0 aliphatic heterocycles. The highest BCUT2D eigenvalue weighted by atomic mass is 32.2. The minimum atomic E-state index is -3.20. The molecule has 0 rings (SSSR count). The number of hydrogen-bond acceptors (Lipinski definition) is 3. The molecule has 4 heteroatoms. The summed E-state index contributed by atoms with van der Waals surface area (Å²) in [6.07, 6.45) is 1.04. The number of aliphatic hydroxyl groups excluding tert-OH is 1. The zero-order chi connectivity index (χ0) is 8.20. The topological polar surface area (TPSA) is 54.4 Å². The third kappa shape index (κ3) is 2.66. The summed E-state index contributed by atoms with van der Waals surface area (Å²) in [5.74, 6) is 0.0220. The van der Waals surface area contributed by atoms with Gasteiger partial charge in [-0.15, -0.1) is 0 Å². The Labute approximate surface area is 62.0 Å². The van der Waals surface area contributed by atoms with E-state index in [9.17, 15) is 8.42 Å². The van der Waals surface area contributed by atoms with Crippen molar-refractivity contribution in [3.63, 3.8) is 0 Å². The minimum Gasteiger partial charge on any atom is -0.377 e. The molecule has 1 unspecified atom stereocenters. The molecule has 62 valence electrons. The van der Waals surface area contributed by atoms with Crippen LogP contribution in [0.15, 0.2) is 0 Å². The van der Waals surface area contributed by atoms with Gasteiger partial charge in [0.15, 0.2) is 15.3 Å². The third-order valence-corrected chi connectivity index (χ3v) is 3.22. The van der Waals surface area contributed by atoms with Crippen LogP contribution in [0.2, 0.25) is 0 Å². The summed E-state index contributed by atoms with van der Waals surface area (Å²) in [6.45, 7) is 3.38. The summed E-state index contributed by atoms with van der Waals surface area (Å²) in [7, 11) is -3.20. The van der Waals surface area contributed by atoms with Crippen LogP contribution < -0.4 is 0 Å². The van der Waals surface area contributed by atoms with Crippen LogP contribution in [0.4, 0.5) is 0 Å². The predicted octanol–water partition coefficient (Wildman–Crippen LogP) is 0.540. The molecule has 0 aliphatic carbocycles. The molecule has 0 radical (unpaired) electrons. The molecule has 3 nitrogen and oxygen atoms in total. The van der Waals surface area contributed by atoms with Crippen molar-refractivity contribution < 1.29 is 13.5 Å². The molecule has 1 atom stereocenters. The van der Waals surface area contributed by atoms with Crippen molar-refractivity contribution >= 4 is 9.84 Å². The Bertz CT molecular complexity index is 171. The highest BCUT2D eigenvalue weighted by Crippen LogP contribution is 2.05. The van der Waals surface area contributed by atoms with Gasteiger partial charge in [-0.1, -0.05) is 20.3 Å². The quantitative estimate of drug-likeness (QED) is 0.663. The standard InChI is InChI=1S/C6H14O3S/c1-3-5-6(7)10(8,9)4-2/h6-7H,3-5H2,1-2H3. The van der Waals surface area contributed by atoms with Gasteiger partial charge in [0.25, 0.3) is 0 Å². The zero-order valence-corrected chi connectivity index (χ0v) is 7.19. The fourth-order valence-electron chi connectivity index (χ4n) is 0.619. The maximum Gasteiger partial charge on any atom is 0.176 e. The Balaban J connectivity index is 4.06. The monoisotopic (exact) mass is 166 g/mol. The summed E-state index contributed by atoms with van der Waals surface area (Å²) in [6, 6.07) is 0. The van der Waals surface area contributed by atoms with Crippen molar-refractivity contribution in [2.24, 2.45) is 0 Å². The molecule has 0 amide bonds. The lowest BCUT2D eigenvalue weighted by Crippen LogP contribution is -2.21. The van der Waals surface area contributed by atoms with Crippen molar-refractivity contribution in [3.8, 4) is 0 Å².